The average Bonchev–Trinajstić information content (AvgIpc) is 2.00. The van der Waals surface area contributed by atoms with Crippen LogP contribution in [0.15, 0.2) is 0 Å². The van der Waals surface area contributed by atoms with Crippen molar-refractivity contribution in [2.24, 2.45) is 5.92 Å². The maximum atomic E-state index is 11.0. The second kappa shape index (κ2) is 5.97. The second-order valence-electron chi connectivity index (χ2n) is 4.06. The Morgan fingerprint density at radius 3 is 2.15 bits per heavy atom. The lowest BCUT2D eigenvalue weighted by Gasteiger charge is -2.15. The summed E-state index contributed by atoms with van der Waals surface area (Å²) in [6.45, 7) is 7.75. The molecule has 0 rings (SSSR count). The SMILES string of the molecule is CC(C)CCC(C)NC(=O)C(C)O. The fourth-order valence-electron chi connectivity index (χ4n) is 1.02. The van der Waals surface area contributed by atoms with Gasteiger partial charge < -0.3 is 10.4 Å². The number of nitrogens with one attached hydrogen (secondary N) is 1. The molecule has 3 heteroatoms. The molecule has 0 aromatic rings. The molecule has 0 heterocycles. The minimum absolute atomic E-state index is 0.157. The molecule has 0 fully saturated rings. The highest BCUT2D eigenvalue weighted by molar-refractivity contribution is 5.80. The molecular formula is C10H21NO2. The third kappa shape index (κ3) is 6.58. The van der Waals surface area contributed by atoms with Gasteiger partial charge in [0, 0.05) is 6.04 Å². The third-order valence-electron chi connectivity index (χ3n) is 1.95. The first-order valence-corrected chi connectivity index (χ1v) is 4.92. The molecule has 1 amide bonds. The second-order valence-corrected chi connectivity index (χ2v) is 4.06. The molecule has 0 radical (unpaired) electrons. The Hall–Kier alpha value is -0.570. The van der Waals surface area contributed by atoms with Crippen molar-refractivity contribution < 1.29 is 9.90 Å². The van der Waals surface area contributed by atoms with E-state index in [0.717, 1.165) is 12.8 Å². The predicted octanol–water partition coefficient (Wildman–Crippen LogP) is 1.31. The number of aliphatic hydroxyl groups is 1. The topological polar surface area (TPSA) is 49.3 Å². The summed E-state index contributed by atoms with van der Waals surface area (Å²) in [5.41, 5.74) is 0. The monoisotopic (exact) mass is 187 g/mol. The fraction of sp³-hybridized carbons (Fsp3) is 0.900. The van der Waals surface area contributed by atoms with E-state index in [1.165, 1.54) is 6.92 Å². The van der Waals surface area contributed by atoms with Crippen LogP contribution in [0, 0.1) is 5.92 Å². The standard InChI is InChI=1S/C10H21NO2/c1-7(2)5-6-8(3)11-10(13)9(4)12/h7-9,12H,5-6H2,1-4H3,(H,11,13). The van der Waals surface area contributed by atoms with Gasteiger partial charge in [0.15, 0.2) is 0 Å². The molecule has 0 aromatic carbocycles. The van der Waals surface area contributed by atoms with E-state index in [0.29, 0.717) is 5.92 Å². The largest absolute Gasteiger partial charge is 0.384 e. The van der Waals surface area contributed by atoms with Crippen molar-refractivity contribution >= 4 is 5.91 Å². The molecule has 2 N–H and O–H groups in total. The van der Waals surface area contributed by atoms with E-state index < -0.39 is 6.10 Å². The van der Waals surface area contributed by atoms with Crippen molar-refractivity contribution in [3.05, 3.63) is 0 Å². The minimum Gasteiger partial charge on any atom is -0.384 e. The van der Waals surface area contributed by atoms with Crippen molar-refractivity contribution in [2.75, 3.05) is 0 Å². The molecule has 78 valence electrons. The third-order valence-corrected chi connectivity index (χ3v) is 1.95. The van der Waals surface area contributed by atoms with E-state index >= 15 is 0 Å². The maximum Gasteiger partial charge on any atom is 0.248 e. The van der Waals surface area contributed by atoms with E-state index in [4.69, 9.17) is 5.11 Å². The zero-order chi connectivity index (χ0) is 10.4. The zero-order valence-corrected chi connectivity index (χ0v) is 9.00. The number of hydrogen-bond donors (Lipinski definition) is 2. The van der Waals surface area contributed by atoms with Crippen molar-refractivity contribution in [3.8, 4) is 0 Å². The molecule has 3 nitrogen and oxygen atoms in total. The first-order valence-electron chi connectivity index (χ1n) is 4.92. The van der Waals surface area contributed by atoms with Crippen LogP contribution in [0.5, 0.6) is 0 Å². The van der Waals surface area contributed by atoms with E-state index in [9.17, 15) is 4.79 Å². The fourth-order valence-corrected chi connectivity index (χ4v) is 1.02. The average molecular weight is 187 g/mol. The van der Waals surface area contributed by atoms with Gasteiger partial charge in [-0.15, -0.1) is 0 Å². The highest BCUT2D eigenvalue weighted by Crippen LogP contribution is 2.06. The molecule has 0 aliphatic carbocycles. The lowest BCUT2D eigenvalue weighted by atomic mass is 10.0. The normalized spacial score (nSPS) is 15.5. The van der Waals surface area contributed by atoms with Crippen molar-refractivity contribution in [1.29, 1.82) is 0 Å². The van der Waals surface area contributed by atoms with Gasteiger partial charge in [0.2, 0.25) is 5.91 Å². The summed E-state index contributed by atoms with van der Waals surface area (Å²) in [6, 6.07) is 0.157. The molecule has 0 aliphatic heterocycles. The molecule has 0 spiro atoms. The number of carbonyl (C=O) groups excluding carboxylic acids is 1. The number of hydrogen-bond acceptors (Lipinski definition) is 2. The molecule has 0 aliphatic rings. The zero-order valence-electron chi connectivity index (χ0n) is 9.00. The number of carbonyl (C=O) groups is 1. The quantitative estimate of drug-likeness (QED) is 0.681. The molecule has 2 atom stereocenters. The molecule has 13 heavy (non-hydrogen) atoms. The Labute approximate surface area is 80.5 Å². The summed E-state index contributed by atoms with van der Waals surface area (Å²) in [5.74, 6) is 0.377. The molecule has 0 saturated carbocycles. The van der Waals surface area contributed by atoms with Crippen LogP contribution in [0.1, 0.15) is 40.5 Å². The lowest BCUT2D eigenvalue weighted by molar-refractivity contribution is -0.129. The maximum absolute atomic E-state index is 11.0. The summed E-state index contributed by atoms with van der Waals surface area (Å²) in [6.07, 6.45) is 1.17. The van der Waals surface area contributed by atoms with Crippen LogP contribution < -0.4 is 5.32 Å². The van der Waals surface area contributed by atoms with Crippen LogP contribution in [-0.2, 0) is 4.79 Å². The first-order chi connectivity index (χ1) is 5.93. The van der Waals surface area contributed by atoms with Crippen molar-refractivity contribution in [1.82, 2.24) is 5.32 Å². The van der Waals surface area contributed by atoms with Crippen molar-refractivity contribution in [2.45, 2.75) is 52.7 Å². The molecule has 0 saturated heterocycles. The molecular weight excluding hydrogens is 166 g/mol. The van der Waals surface area contributed by atoms with Gasteiger partial charge in [-0.25, -0.2) is 0 Å². The van der Waals surface area contributed by atoms with Gasteiger partial charge in [-0.05, 0) is 32.6 Å². The Balaban J connectivity index is 3.62. The van der Waals surface area contributed by atoms with Gasteiger partial charge in [0.1, 0.15) is 6.10 Å². The summed E-state index contributed by atoms with van der Waals surface area (Å²) in [7, 11) is 0. The van der Waals surface area contributed by atoms with Crippen LogP contribution in [0.4, 0.5) is 0 Å². The van der Waals surface area contributed by atoms with E-state index in [1.807, 2.05) is 6.92 Å². The smallest absolute Gasteiger partial charge is 0.248 e. The van der Waals surface area contributed by atoms with Gasteiger partial charge in [-0.1, -0.05) is 13.8 Å². The van der Waals surface area contributed by atoms with Gasteiger partial charge in [0.05, 0.1) is 0 Å². The number of amides is 1. The number of aliphatic hydroxyl groups excluding tert-OH is 1. The van der Waals surface area contributed by atoms with Gasteiger partial charge in [0.25, 0.3) is 0 Å². The first kappa shape index (κ1) is 12.4. The van der Waals surface area contributed by atoms with Crippen LogP contribution >= 0.6 is 0 Å². The summed E-state index contributed by atoms with van der Waals surface area (Å²) >= 11 is 0. The Morgan fingerprint density at radius 1 is 1.23 bits per heavy atom. The molecule has 2 unspecified atom stereocenters. The summed E-state index contributed by atoms with van der Waals surface area (Å²) in [4.78, 5) is 11.0. The Morgan fingerprint density at radius 2 is 1.77 bits per heavy atom. The van der Waals surface area contributed by atoms with Gasteiger partial charge in [-0.3, -0.25) is 4.79 Å². The van der Waals surface area contributed by atoms with E-state index in [-0.39, 0.29) is 11.9 Å². The van der Waals surface area contributed by atoms with Crippen LogP contribution in [0.3, 0.4) is 0 Å². The minimum atomic E-state index is -0.901. The highest BCUT2D eigenvalue weighted by Gasteiger charge is 2.11. The van der Waals surface area contributed by atoms with Gasteiger partial charge >= 0.3 is 0 Å². The predicted molar refractivity (Wildman–Crippen MR) is 53.4 cm³/mol. The Bertz CT molecular complexity index is 155. The van der Waals surface area contributed by atoms with Gasteiger partial charge in [-0.2, -0.15) is 0 Å². The molecule has 0 bridgehead atoms. The Kier molecular flexibility index (Phi) is 5.71. The lowest BCUT2D eigenvalue weighted by Crippen LogP contribution is -2.38. The number of rotatable bonds is 5. The van der Waals surface area contributed by atoms with E-state index in [2.05, 4.69) is 19.2 Å². The highest BCUT2D eigenvalue weighted by atomic mass is 16.3. The summed E-state index contributed by atoms with van der Waals surface area (Å²) in [5, 5.41) is 11.7. The summed E-state index contributed by atoms with van der Waals surface area (Å²) < 4.78 is 0. The van der Waals surface area contributed by atoms with Crippen LogP contribution in [-0.4, -0.2) is 23.2 Å². The van der Waals surface area contributed by atoms with Crippen molar-refractivity contribution in [3.63, 3.8) is 0 Å². The van der Waals surface area contributed by atoms with E-state index in [1.54, 1.807) is 0 Å². The van der Waals surface area contributed by atoms with Crippen LogP contribution in [0.25, 0.3) is 0 Å². The van der Waals surface area contributed by atoms with Crippen LogP contribution in [0.2, 0.25) is 0 Å². The molecule has 0 aromatic heterocycles.